The van der Waals surface area contributed by atoms with Crippen LogP contribution in [0.25, 0.3) is 0 Å². The number of rotatable bonds is 3. The van der Waals surface area contributed by atoms with Crippen LogP contribution >= 0.6 is 0 Å². The van der Waals surface area contributed by atoms with Gasteiger partial charge in [-0.15, -0.1) is 0 Å². The first-order chi connectivity index (χ1) is 8.46. The van der Waals surface area contributed by atoms with E-state index in [0.29, 0.717) is 5.69 Å². The fourth-order valence-electron chi connectivity index (χ4n) is 2.22. The van der Waals surface area contributed by atoms with Crippen LogP contribution < -0.4 is 16.0 Å². The van der Waals surface area contributed by atoms with Crippen molar-refractivity contribution in [1.82, 2.24) is 5.32 Å². The molecule has 1 saturated heterocycles. The summed E-state index contributed by atoms with van der Waals surface area (Å²) in [4.78, 5) is 2.20. The lowest BCUT2D eigenvalue weighted by Gasteiger charge is -2.31. The summed E-state index contributed by atoms with van der Waals surface area (Å²) in [6.07, 6.45) is 1.25. The average Bonchev–Trinajstić information content (AvgIpc) is 2.28. The van der Waals surface area contributed by atoms with Crippen LogP contribution in [0, 0.1) is 0 Å². The van der Waals surface area contributed by atoms with Gasteiger partial charge >= 0.3 is 0 Å². The van der Waals surface area contributed by atoms with Crippen molar-refractivity contribution in [3.8, 4) is 0 Å². The molecule has 0 spiro atoms. The Morgan fingerprint density at radius 3 is 2.61 bits per heavy atom. The summed E-state index contributed by atoms with van der Waals surface area (Å²) in [6, 6.07) is 5.50. The van der Waals surface area contributed by atoms with Crippen molar-refractivity contribution in [2.75, 3.05) is 43.1 Å². The van der Waals surface area contributed by atoms with E-state index < -0.39 is 9.84 Å². The van der Waals surface area contributed by atoms with Crippen molar-refractivity contribution in [2.45, 2.75) is 5.75 Å². The minimum atomic E-state index is -3.05. The lowest BCUT2D eigenvalue weighted by Crippen LogP contribution is -2.44. The van der Waals surface area contributed by atoms with Crippen molar-refractivity contribution in [3.05, 3.63) is 23.8 Å². The Morgan fingerprint density at radius 2 is 2.00 bits per heavy atom. The SMILES string of the molecule is CS(=O)(=O)Cc1cc(N)ccc1N1CCNCC1. The van der Waals surface area contributed by atoms with Gasteiger partial charge in [-0.1, -0.05) is 0 Å². The van der Waals surface area contributed by atoms with E-state index in [1.165, 1.54) is 6.26 Å². The molecule has 0 amide bonds. The van der Waals surface area contributed by atoms with E-state index in [9.17, 15) is 8.42 Å². The van der Waals surface area contributed by atoms with Crippen LogP contribution in [-0.4, -0.2) is 40.9 Å². The highest BCUT2D eigenvalue weighted by molar-refractivity contribution is 7.89. The maximum atomic E-state index is 11.5. The molecule has 0 bridgehead atoms. The molecule has 100 valence electrons. The predicted molar refractivity (Wildman–Crippen MR) is 74.5 cm³/mol. The Balaban J connectivity index is 2.33. The maximum absolute atomic E-state index is 11.5. The summed E-state index contributed by atoms with van der Waals surface area (Å²) in [6.45, 7) is 3.62. The first kappa shape index (κ1) is 13.2. The van der Waals surface area contributed by atoms with Gasteiger partial charge in [-0.2, -0.15) is 0 Å². The van der Waals surface area contributed by atoms with Gasteiger partial charge < -0.3 is 16.0 Å². The number of anilines is 2. The average molecular weight is 269 g/mol. The highest BCUT2D eigenvalue weighted by atomic mass is 32.2. The van der Waals surface area contributed by atoms with Gasteiger partial charge in [-0.05, 0) is 23.8 Å². The molecule has 1 heterocycles. The maximum Gasteiger partial charge on any atom is 0.151 e. The smallest absolute Gasteiger partial charge is 0.151 e. The second kappa shape index (κ2) is 5.16. The van der Waals surface area contributed by atoms with Crippen molar-refractivity contribution in [2.24, 2.45) is 0 Å². The zero-order chi connectivity index (χ0) is 13.2. The Morgan fingerprint density at radius 1 is 1.33 bits per heavy atom. The predicted octanol–water partition coefficient (Wildman–Crippen LogP) is 0.223. The molecule has 1 aromatic rings. The Labute approximate surface area is 108 Å². The van der Waals surface area contributed by atoms with Gasteiger partial charge in [-0.25, -0.2) is 8.42 Å². The monoisotopic (exact) mass is 269 g/mol. The van der Waals surface area contributed by atoms with Gasteiger partial charge in [0.25, 0.3) is 0 Å². The highest BCUT2D eigenvalue weighted by Gasteiger charge is 2.16. The minimum Gasteiger partial charge on any atom is -0.399 e. The van der Waals surface area contributed by atoms with Crippen LogP contribution in [0.3, 0.4) is 0 Å². The van der Waals surface area contributed by atoms with Crippen LogP contribution in [0.1, 0.15) is 5.56 Å². The summed E-state index contributed by atoms with van der Waals surface area (Å²) in [5, 5.41) is 3.28. The molecule has 1 aliphatic heterocycles. The summed E-state index contributed by atoms with van der Waals surface area (Å²) in [7, 11) is -3.05. The lowest BCUT2D eigenvalue weighted by atomic mass is 10.1. The lowest BCUT2D eigenvalue weighted by molar-refractivity contribution is 0.587. The molecular formula is C12H19N3O2S. The van der Waals surface area contributed by atoms with Gasteiger partial charge in [0.05, 0.1) is 5.75 Å². The fourth-order valence-corrected chi connectivity index (χ4v) is 3.01. The van der Waals surface area contributed by atoms with Crippen LogP contribution in [0.2, 0.25) is 0 Å². The number of nitrogens with one attached hydrogen (secondary N) is 1. The minimum absolute atomic E-state index is 0.0390. The molecule has 1 aliphatic rings. The van der Waals surface area contributed by atoms with Gasteiger partial charge in [-0.3, -0.25) is 0 Å². The molecule has 0 saturated carbocycles. The Hall–Kier alpha value is -1.27. The quantitative estimate of drug-likeness (QED) is 0.768. The first-order valence-electron chi connectivity index (χ1n) is 5.97. The Kier molecular flexibility index (Phi) is 3.77. The van der Waals surface area contributed by atoms with Crippen LogP contribution in [-0.2, 0) is 15.6 Å². The first-order valence-corrected chi connectivity index (χ1v) is 8.03. The van der Waals surface area contributed by atoms with Crippen molar-refractivity contribution in [3.63, 3.8) is 0 Å². The summed E-state index contributed by atoms with van der Waals surface area (Å²) >= 11 is 0. The zero-order valence-electron chi connectivity index (χ0n) is 10.5. The number of piperazine rings is 1. The van der Waals surface area contributed by atoms with E-state index in [4.69, 9.17) is 5.73 Å². The molecule has 0 aromatic heterocycles. The van der Waals surface area contributed by atoms with E-state index in [2.05, 4.69) is 10.2 Å². The van der Waals surface area contributed by atoms with E-state index in [1.807, 2.05) is 12.1 Å². The topological polar surface area (TPSA) is 75.4 Å². The molecule has 0 radical (unpaired) electrons. The molecule has 2 rings (SSSR count). The number of nitrogen functional groups attached to an aromatic ring is 1. The highest BCUT2D eigenvalue weighted by Crippen LogP contribution is 2.25. The molecule has 18 heavy (non-hydrogen) atoms. The van der Waals surface area contributed by atoms with Gasteiger partial charge in [0.2, 0.25) is 0 Å². The van der Waals surface area contributed by atoms with E-state index in [1.54, 1.807) is 6.07 Å². The molecule has 6 heteroatoms. The third-order valence-electron chi connectivity index (χ3n) is 2.98. The Bertz CT molecular complexity index is 522. The zero-order valence-corrected chi connectivity index (χ0v) is 11.3. The third kappa shape index (κ3) is 3.36. The largest absolute Gasteiger partial charge is 0.399 e. The van der Waals surface area contributed by atoms with Gasteiger partial charge in [0.1, 0.15) is 0 Å². The van der Waals surface area contributed by atoms with Crippen LogP contribution in [0.15, 0.2) is 18.2 Å². The van der Waals surface area contributed by atoms with E-state index in [-0.39, 0.29) is 5.75 Å². The molecule has 0 aliphatic carbocycles. The van der Waals surface area contributed by atoms with E-state index >= 15 is 0 Å². The summed E-state index contributed by atoms with van der Waals surface area (Å²) < 4.78 is 23.0. The standard InChI is InChI=1S/C12H19N3O2S/c1-18(16,17)9-10-8-11(13)2-3-12(10)15-6-4-14-5-7-15/h2-3,8,14H,4-7,9,13H2,1H3. The number of hydrogen-bond donors (Lipinski definition) is 2. The molecule has 5 nitrogen and oxygen atoms in total. The van der Waals surface area contributed by atoms with Crippen molar-refractivity contribution >= 4 is 21.2 Å². The van der Waals surface area contributed by atoms with Gasteiger partial charge in [0.15, 0.2) is 9.84 Å². The van der Waals surface area contributed by atoms with E-state index in [0.717, 1.165) is 37.4 Å². The van der Waals surface area contributed by atoms with Crippen LogP contribution in [0.5, 0.6) is 0 Å². The molecule has 1 fully saturated rings. The van der Waals surface area contributed by atoms with Crippen LogP contribution in [0.4, 0.5) is 11.4 Å². The number of benzene rings is 1. The molecule has 0 unspecified atom stereocenters. The number of nitrogens with two attached hydrogens (primary N) is 1. The number of sulfone groups is 1. The van der Waals surface area contributed by atoms with Gasteiger partial charge in [0, 0.05) is 43.8 Å². The fraction of sp³-hybridized carbons (Fsp3) is 0.500. The molecule has 3 N–H and O–H groups in total. The second-order valence-corrected chi connectivity index (χ2v) is 6.84. The third-order valence-corrected chi connectivity index (χ3v) is 3.81. The van der Waals surface area contributed by atoms with Crippen molar-refractivity contribution < 1.29 is 8.42 Å². The molecule has 1 aromatic carbocycles. The normalized spacial score (nSPS) is 16.8. The number of hydrogen-bond acceptors (Lipinski definition) is 5. The number of nitrogens with zero attached hydrogens (tertiary/aromatic N) is 1. The summed E-state index contributed by atoms with van der Waals surface area (Å²) in [5.41, 5.74) is 8.13. The second-order valence-electron chi connectivity index (χ2n) is 4.70. The molecular weight excluding hydrogens is 250 g/mol. The summed E-state index contributed by atoms with van der Waals surface area (Å²) in [5.74, 6) is 0.0390. The van der Waals surface area contributed by atoms with Crippen molar-refractivity contribution in [1.29, 1.82) is 0 Å². The molecule has 0 atom stereocenters.